The van der Waals surface area contributed by atoms with Gasteiger partial charge in [-0.1, -0.05) is 13.0 Å². The average molecular weight is 240 g/mol. The zero-order valence-electron chi connectivity index (χ0n) is 10.9. The van der Waals surface area contributed by atoms with Crippen molar-refractivity contribution in [3.05, 3.63) is 22.4 Å². The number of rotatable bonds is 7. The predicted octanol–water partition coefficient (Wildman–Crippen LogP) is 2.96. The van der Waals surface area contributed by atoms with Crippen molar-refractivity contribution in [2.75, 3.05) is 13.6 Å². The van der Waals surface area contributed by atoms with Crippen molar-refractivity contribution in [1.82, 2.24) is 10.2 Å². The fourth-order valence-corrected chi connectivity index (χ4v) is 2.36. The van der Waals surface area contributed by atoms with E-state index in [0.29, 0.717) is 12.1 Å². The number of nitrogens with zero attached hydrogens (tertiary/aromatic N) is 1. The minimum Gasteiger partial charge on any atom is -0.310 e. The summed E-state index contributed by atoms with van der Waals surface area (Å²) in [5.74, 6) is 0. The van der Waals surface area contributed by atoms with Crippen LogP contribution in [0.5, 0.6) is 0 Å². The smallest absolute Gasteiger partial charge is 0.0300 e. The highest BCUT2D eigenvalue weighted by Crippen LogP contribution is 2.08. The van der Waals surface area contributed by atoms with Gasteiger partial charge in [-0.2, -0.15) is 0 Å². The fraction of sp³-hybridized carbons (Fsp3) is 0.692. The van der Waals surface area contributed by atoms with E-state index in [1.54, 1.807) is 0 Å². The van der Waals surface area contributed by atoms with Crippen molar-refractivity contribution in [2.24, 2.45) is 0 Å². The van der Waals surface area contributed by atoms with Crippen LogP contribution < -0.4 is 5.32 Å². The molecule has 0 aliphatic carbocycles. The molecule has 0 aromatic carbocycles. The van der Waals surface area contributed by atoms with E-state index >= 15 is 0 Å². The second-order valence-electron chi connectivity index (χ2n) is 4.48. The molecule has 0 spiro atoms. The number of hydrogen-bond donors (Lipinski definition) is 1. The van der Waals surface area contributed by atoms with E-state index in [1.165, 1.54) is 11.3 Å². The minimum absolute atomic E-state index is 0.593. The van der Waals surface area contributed by atoms with Gasteiger partial charge in [0.05, 0.1) is 0 Å². The first kappa shape index (κ1) is 13.7. The summed E-state index contributed by atoms with van der Waals surface area (Å²) in [6.07, 6.45) is 1.21. The number of thiophene rings is 1. The standard InChI is InChI=1S/C13H24N2S/c1-5-11(2)15(4)12(3)9-14-10-13-7-6-8-16-13/h6-8,11-12,14H,5,9-10H2,1-4H3. The van der Waals surface area contributed by atoms with Gasteiger partial charge in [-0.25, -0.2) is 0 Å². The van der Waals surface area contributed by atoms with Crippen LogP contribution in [0, 0.1) is 0 Å². The van der Waals surface area contributed by atoms with Crippen LogP contribution in [0.4, 0.5) is 0 Å². The zero-order chi connectivity index (χ0) is 12.0. The summed E-state index contributed by atoms with van der Waals surface area (Å²) in [4.78, 5) is 3.86. The molecule has 1 N–H and O–H groups in total. The molecule has 2 nitrogen and oxygen atoms in total. The fourth-order valence-electron chi connectivity index (χ4n) is 1.68. The van der Waals surface area contributed by atoms with E-state index in [4.69, 9.17) is 0 Å². The third kappa shape index (κ3) is 4.24. The Morgan fingerprint density at radius 1 is 1.38 bits per heavy atom. The highest BCUT2D eigenvalue weighted by molar-refractivity contribution is 7.09. The van der Waals surface area contributed by atoms with Gasteiger partial charge >= 0.3 is 0 Å². The summed E-state index contributed by atoms with van der Waals surface area (Å²) in [6, 6.07) is 5.55. The number of hydrogen-bond acceptors (Lipinski definition) is 3. The van der Waals surface area contributed by atoms with Gasteiger partial charge < -0.3 is 5.32 Å². The molecular weight excluding hydrogens is 216 g/mol. The van der Waals surface area contributed by atoms with Crippen LogP contribution >= 0.6 is 11.3 Å². The first-order valence-corrected chi connectivity index (χ1v) is 6.98. The number of nitrogens with one attached hydrogen (secondary N) is 1. The lowest BCUT2D eigenvalue weighted by Crippen LogP contribution is -2.42. The van der Waals surface area contributed by atoms with Gasteiger partial charge in [-0.15, -0.1) is 11.3 Å². The molecule has 1 heterocycles. The maximum atomic E-state index is 3.52. The van der Waals surface area contributed by atoms with E-state index in [0.717, 1.165) is 13.1 Å². The van der Waals surface area contributed by atoms with Gasteiger partial charge in [0.1, 0.15) is 0 Å². The van der Waals surface area contributed by atoms with E-state index in [1.807, 2.05) is 11.3 Å². The summed E-state index contributed by atoms with van der Waals surface area (Å²) in [6.45, 7) is 8.87. The zero-order valence-corrected chi connectivity index (χ0v) is 11.7. The van der Waals surface area contributed by atoms with Crippen LogP contribution in [0.25, 0.3) is 0 Å². The van der Waals surface area contributed by atoms with Crippen molar-refractivity contribution in [1.29, 1.82) is 0 Å². The molecule has 0 bridgehead atoms. The Morgan fingerprint density at radius 2 is 2.12 bits per heavy atom. The van der Waals surface area contributed by atoms with Crippen molar-refractivity contribution in [3.8, 4) is 0 Å². The second kappa shape index (κ2) is 7.05. The molecule has 0 fully saturated rings. The molecule has 0 aliphatic heterocycles. The topological polar surface area (TPSA) is 15.3 Å². The molecule has 1 aromatic heterocycles. The lowest BCUT2D eigenvalue weighted by molar-refractivity contribution is 0.187. The molecule has 2 unspecified atom stereocenters. The Morgan fingerprint density at radius 3 is 2.69 bits per heavy atom. The van der Waals surface area contributed by atoms with Crippen molar-refractivity contribution >= 4 is 11.3 Å². The van der Waals surface area contributed by atoms with Gasteiger partial charge in [0.25, 0.3) is 0 Å². The monoisotopic (exact) mass is 240 g/mol. The van der Waals surface area contributed by atoms with Gasteiger partial charge in [0.15, 0.2) is 0 Å². The minimum atomic E-state index is 0.593. The van der Waals surface area contributed by atoms with E-state index in [9.17, 15) is 0 Å². The second-order valence-corrected chi connectivity index (χ2v) is 5.51. The van der Waals surface area contributed by atoms with Crippen LogP contribution in [0.1, 0.15) is 32.1 Å². The summed E-state index contributed by atoms with van der Waals surface area (Å²) in [5.41, 5.74) is 0. The lowest BCUT2D eigenvalue weighted by atomic mass is 10.2. The Kier molecular flexibility index (Phi) is 6.03. The lowest BCUT2D eigenvalue weighted by Gasteiger charge is -2.30. The van der Waals surface area contributed by atoms with Crippen LogP contribution in [0.15, 0.2) is 17.5 Å². The Bertz CT molecular complexity index is 271. The highest BCUT2D eigenvalue weighted by Gasteiger charge is 2.13. The molecule has 3 heteroatoms. The molecule has 1 rings (SSSR count). The largest absolute Gasteiger partial charge is 0.310 e. The van der Waals surface area contributed by atoms with Gasteiger partial charge in [-0.3, -0.25) is 4.90 Å². The summed E-state index contributed by atoms with van der Waals surface area (Å²) in [5, 5.41) is 5.65. The van der Waals surface area contributed by atoms with E-state index in [2.05, 4.69) is 55.5 Å². The SMILES string of the molecule is CCC(C)N(C)C(C)CNCc1cccs1. The van der Waals surface area contributed by atoms with Crippen LogP contribution in [-0.4, -0.2) is 30.6 Å². The Balaban J connectivity index is 2.21. The Hall–Kier alpha value is -0.380. The molecule has 0 radical (unpaired) electrons. The summed E-state index contributed by atoms with van der Waals surface area (Å²) >= 11 is 1.82. The van der Waals surface area contributed by atoms with Gasteiger partial charge in [-0.05, 0) is 38.8 Å². The maximum Gasteiger partial charge on any atom is 0.0300 e. The van der Waals surface area contributed by atoms with Crippen LogP contribution in [0.2, 0.25) is 0 Å². The molecular formula is C13H24N2S. The van der Waals surface area contributed by atoms with Crippen molar-refractivity contribution in [2.45, 2.75) is 45.8 Å². The number of likely N-dealkylation sites (N-methyl/N-ethyl adjacent to an activating group) is 1. The molecule has 0 aliphatic rings. The molecule has 2 atom stereocenters. The van der Waals surface area contributed by atoms with E-state index in [-0.39, 0.29) is 0 Å². The summed E-state index contributed by atoms with van der Waals surface area (Å²) in [7, 11) is 2.21. The third-order valence-electron chi connectivity index (χ3n) is 3.30. The average Bonchev–Trinajstić information content (AvgIpc) is 2.79. The summed E-state index contributed by atoms with van der Waals surface area (Å²) < 4.78 is 0. The first-order chi connectivity index (χ1) is 7.65. The molecule has 0 saturated carbocycles. The van der Waals surface area contributed by atoms with Crippen LogP contribution in [-0.2, 0) is 6.54 Å². The quantitative estimate of drug-likeness (QED) is 0.788. The molecule has 1 aromatic rings. The predicted molar refractivity (Wildman–Crippen MR) is 73.0 cm³/mol. The highest BCUT2D eigenvalue weighted by atomic mass is 32.1. The molecule has 16 heavy (non-hydrogen) atoms. The van der Waals surface area contributed by atoms with Gasteiger partial charge in [0, 0.05) is 30.1 Å². The molecule has 0 amide bonds. The van der Waals surface area contributed by atoms with Crippen molar-refractivity contribution < 1.29 is 0 Å². The van der Waals surface area contributed by atoms with Crippen LogP contribution in [0.3, 0.4) is 0 Å². The molecule has 92 valence electrons. The van der Waals surface area contributed by atoms with Gasteiger partial charge in [0.2, 0.25) is 0 Å². The van der Waals surface area contributed by atoms with E-state index < -0.39 is 0 Å². The maximum absolute atomic E-state index is 3.52. The van der Waals surface area contributed by atoms with Crippen molar-refractivity contribution in [3.63, 3.8) is 0 Å². The Labute approximate surface area is 104 Å². The normalized spacial score (nSPS) is 15.3. The third-order valence-corrected chi connectivity index (χ3v) is 4.18. The first-order valence-electron chi connectivity index (χ1n) is 6.10. The molecule has 0 saturated heterocycles.